The van der Waals surface area contributed by atoms with E-state index < -0.39 is 23.4 Å². The minimum absolute atomic E-state index is 0.0867. The van der Waals surface area contributed by atoms with Crippen molar-refractivity contribution in [2.45, 2.75) is 25.0 Å². The third-order valence-corrected chi connectivity index (χ3v) is 6.68. The third-order valence-electron chi connectivity index (χ3n) is 6.68. The number of amides is 1. The second kappa shape index (κ2) is 9.44. The number of carbonyl (C=O) groups is 1. The van der Waals surface area contributed by atoms with E-state index in [1.807, 2.05) is 6.07 Å². The molecular formula is C25H28N4O5. The molecule has 9 nitrogen and oxygen atoms in total. The van der Waals surface area contributed by atoms with Crippen LogP contribution in [0.1, 0.15) is 29.2 Å². The van der Waals surface area contributed by atoms with Gasteiger partial charge in [-0.1, -0.05) is 18.2 Å². The van der Waals surface area contributed by atoms with Crippen LogP contribution in [0.3, 0.4) is 0 Å². The maximum absolute atomic E-state index is 13.2. The summed E-state index contributed by atoms with van der Waals surface area (Å²) >= 11 is 0. The largest absolute Gasteiger partial charge is 0.492 e. The van der Waals surface area contributed by atoms with Crippen molar-refractivity contribution in [1.29, 1.82) is 0 Å². The number of fused-ring (bicyclic) bond motifs is 1. The Balaban J connectivity index is 1.32. The number of nitrogens with one attached hydrogen (secondary N) is 1. The first kappa shape index (κ1) is 22.4. The van der Waals surface area contributed by atoms with Crippen molar-refractivity contribution < 1.29 is 14.6 Å². The Morgan fingerprint density at radius 1 is 1.06 bits per heavy atom. The molecule has 2 saturated heterocycles. The Morgan fingerprint density at radius 2 is 1.85 bits per heavy atom. The van der Waals surface area contributed by atoms with Gasteiger partial charge >= 0.3 is 5.69 Å². The molecular weight excluding hydrogens is 436 g/mol. The van der Waals surface area contributed by atoms with Crippen molar-refractivity contribution in [3.63, 3.8) is 0 Å². The number of aromatic nitrogens is 2. The number of rotatable bonds is 6. The van der Waals surface area contributed by atoms with E-state index in [0.29, 0.717) is 28.8 Å². The standard InChI is InChI=1S/C25H28N4O5/c30-22-16-28(15-21(22)29-20-9-2-1-8-19(20)23(31)26-25(29)33)24(32)17-6-5-7-18(14-17)34-13-12-27-10-3-4-11-27/h1-2,5-9,14,21-22,30H,3-4,10-13,15-16H2,(H,26,31,33)/t21-,22-/m0/s1. The van der Waals surface area contributed by atoms with Crippen molar-refractivity contribution >= 4 is 16.8 Å². The lowest BCUT2D eigenvalue weighted by molar-refractivity contribution is 0.0764. The predicted octanol–water partition coefficient (Wildman–Crippen LogP) is 1.22. The maximum atomic E-state index is 13.2. The summed E-state index contributed by atoms with van der Waals surface area (Å²) < 4.78 is 7.25. The zero-order chi connectivity index (χ0) is 23.7. The molecule has 0 bridgehead atoms. The monoisotopic (exact) mass is 464 g/mol. The molecule has 3 aromatic rings. The van der Waals surface area contributed by atoms with Crippen LogP contribution in [-0.2, 0) is 0 Å². The van der Waals surface area contributed by atoms with Crippen LogP contribution >= 0.6 is 0 Å². The molecule has 34 heavy (non-hydrogen) atoms. The highest BCUT2D eigenvalue weighted by Crippen LogP contribution is 2.26. The van der Waals surface area contributed by atoms with Crippen LogP contribution in [0.5, 0.6) is 5.75 Å². The highest BCUT2D eigenvalue weighted by atomic mass is 16.5. The van der Waals surface area contributed by atoms with Gasteiger partial charge in [-0.25, -0.2) is 4.79 Å². The topological polar surface area (TPSA) is 108 Å². The molecule has 2 aliphatic heterocycles. The number of benzene rings is 2. The molecule has 5 rings (SSSR count). The highest BCUT2D eigenvalue weighted by molar-refractivity contribution is 5.95. The van der Waals surface area contributed by atoms with Crippen molar-refractivity contribution in [3.05, 3.63) is 74.9 Å². The lowest BCUT2D eigenvalue weighted by Crippen LogP contribution is -2.37. The number of carbonyl (C=O) groups excluding carboxylic acids is 1. The number of hydrogen-bond acceptors (Lipinski definition) is 6. The van der Waals surface area contributed by atoms with E-state index in [1.54, 1.807) is 42.5 Å². The Labute approximate surface area is 196 Å². The minimum atomic E-state index is -0.948. The van der Waals surface area contributed by atoms with Crippen molar-refractivity contribution in [2.24, 2.45) is 0 Å². The number of ether oxygens (including phenoxy) is 1. The van der Waals surface area contributed by atoms with Crippen LogP contribution in [0.2, 0.25) is 0 Å². The van der Waals surface area contributed by atoms with Gasteiger partial charge in [0.05, 0.1) is 23.0 Å². The van der Waals surface area contributed by atoms with Gasteiger partial charge in [0, 0.05) is 25.2 Å². The van der Waals surface area contributed by atoms with E-state index in [2.05, 4.69) is 9.88 Å². The fourth-order valence-corrected chi connectivity index (χ4v) is 4.93. The summed E-state index contributed by atoms with van der Waals surface area (Å²) in [5.74, 6) is 0.387. The molecule has 9 heteroatoms. The third kappa shape index (κ3) is 4.36. The maximum Gasteiger partial charge on any atom is 0.329 e. The average molecular weight is 465 g/mol. The molecule has 2 fully saturated rings. The summed E-state index contributed by atoms with van der Waals surface area (Å²) in [5, 5.41) is 11.1. The van der Waals surface area contributed by atoms with Gasteiger partial charge in [-0.05, 0) is 56.3 Å². The quantitative estimate of drug-likeness (QED) is 0.568. The van der Waals surface area contributed by atoms with Crippen molar-refractivity contribution in [2.75, 3.05) is 39.3 Å². The molecule has 0 aliphatic carbocycles. The van der Waals surface area contributed by atoms with Gasteiger partial charge in [-0.2, -0.15) is 0 Å². The molecule has 0 saturated carbocycles. The zero-order valence-electron chi connectivity index (χ0n) is 18.9. The average Bonchev–Trinajstić information content (AvgIpc) is 3.49. The van der Waals surface area contributed by atoms with E-state index in [1.165, 1.54) is 22.3 Å². The second-order valence-electron chi connectivity index (χ2n) is 8.92. The SMILES string of the molecule is O=C(c1cccc(OCCN2CCCC2)c1)N1C[C@H](O)[C@@H](n2c(=O)[nH]c(=O)c3ccccc32)C1. The van der Waals surface area contributed by atoms with Crippen molar-refractivity contribution in [1.82, 2.24) is 19.4 Å². The van der Waals surface area contributed by atoms with Gasteiger partial charge in [0.2, 0.25) is 0 Å². The molecule has 3 heterocycles. The summed E-state index contributed by atoms with van der Waals surface area (Å²) in [7, 11) is 0. The number of aliphatic hydroxyl groups excluding tert-OH is 1. The molecule has 2 atom stereocenters. The summed E-state index contributed by atoms with van der Waals surface area (Å²) in [6, 6.07) is 13.1. The van der Waals surface area contributed by atoms with E-state index in [-0.39, 0.29) is 19.0 Å². The minimum Gasteiger partial charge on any atom is -0.492 e. The number of aliphatic hydroxyl groups is 1. The Hall–Kier alpha value is -3.43. The van der Waals surface area contributed by atoms with Crippen LogP contribution < -0.4 is 16.0 Å². The second-order valence-corrected chi connectivity index (χ2v) is 8.92. The van der Waals surface area contributed by atoms with Gasteiger partial charge in [0.15, 0.2) is 0 Å². The number of para-hydroxylation sites is 1. The lowest BCUT2D eigenvalue weighted by Gasteiger charge is -2.19. The molecule has 2 N–H and O–H groups in total. The number of H-pyrrole nitrogens is 1. The smallest absolute Gasteiger partial charge is 0.329 e. The molecule has 1 amide bonds. The number of nitrogens with zero attached hydrogens (tertiary/aromatic N) is 3. The zero-order valence-corrected chi connectivity index (χ0v) is 18.9. The van der Waals surface area contributed by atoms with Crippen LogP contribution in [0, 0.1) is 0 Å². The Morgan fingerprint density at radius 3 is 2.68 bits per heavy atom. The summed E-state index contributed by atoms with van der Waals surface area (Å²) in [5.41, 5.74) is -0.178. The number of aromatic amines is 1. The highest BCUT2D eigenvalue weighted by Gasteiger charge is 2.37. The molecule has 0 radical (unpaired) electrons. The lowest BCUT2D eigenvalue weighted by atomic mass is 10.1. The molecule has 0 unspecified atom stereocenters. The van der Waals surface area contributed by atoms with E-state index >= 15 is 0 Å². The molecule has 0 spiro atoms. The van der Waals surface area contributed by atoms with Gasteiger partial charge in [-0.3, -0.25) is 24.0 Å². The van der Waals surface area contributed by atoms with Crippen LogP contribution in [0.4, 0.5) is 0 Å². The fourth-order valence-electron chi connectivity index (χ4n) is 4.93. The normalized spacial score (nSPS) is 20.8. The van der Waals surface area contributed by atoms with E-state index in [4.69, 9.17) is 4.74 Å². The first-order chi connectivity index (χ1) is 16.5. The van der Waals surface area contributed by atoms with Crippen LogP contribution in [0.15, 0.2) is 58.1 Å². The first-order valence-electron chi connectivity index (χ1n) is 11.7. The molecule has 178 valence electrons. The van der Waals surface area contributed by atoms with Gasteiger partial charge in [0.25, 0.3) is 11.5 Å². The van der Waals surface area contributed by atoms with E-state index in [9.17, 15) is 19.5 Å². The molecule has 2 aliphatic rings. The van der Waals surface area contributed by atoms with Gasteiger partial charge in [-0.15, -0.1) is 0 Å². The van der Waals surface area contributed by atoms with Crippen LogP contribution in [0.25, 0.3) is 10.9 Å². The van der Waals surface area contributed by atoms with Crippen LogP contribution in [-0.4, -0.2) is 75.8 Å². The molecule has 1 aromatic heterocycles. The molecule has 2 aromatic carbocycles. The Bertz CT molecular complexity index is 1310. The summed E-state index contributed by atoms with van der Waals surface area (Å²) in [4.78, 5) is 44.3. The summed E-state index contributed by atoms with van der Waals surface area (Å²) in [6.45, 7) is 3.87. The first-order valence-corrected chi connectivity index (χ1v) is 11.7. The fraction of sp³-hybridized carbons (Fsp3) is 0.400. The van der Waals surface area contributed by atoms with Crippen molar-refractivity contribution in [3.8, 4) is 5.75 Å². The predicted molar refractivity (Wildman–Crippen MR) is 127 cm³/mol. The van der Waals surface area contributed by atoms with Gasteiger partial charge in [0.1, 0.15) is 12.4 Å². The van der Waals surface area contributed by atoms with E-state index in [0.717, 1.165) is 19.6 Å². The van der Waals surface area contributed by atoms with Gasteiger partial charge < -0.3 is 14.7 Å². The Kier molecular flexibility index (Phi) is 6.21. The number of hydrogen-bond donors (Lipinski definition) is 2. The number of β-amino-alcohol motifs (C(OH)–C–C–N with tert-alkyl or cyclic N) is 1. The summed E-state index contributed by atoms with van der Waals surface area (Å²) in [6.07, 6.45) is 1.51. The number of likely N-dealkylation sites (tertiary alicyclic amines) is 2.